The van der Waals surface area contributed by atoms with E-state index in [0.717, 1.165) is 18.5 Å². The second kappa shape index (κ2) is 5.44. The predicted molar refractivity (Wildman–Crippen MR) is 83.9 cm³/mol. The molecule has 0 saturated carbocycles. The number of nitrogen functional groups attached to an aromatic ring is 1. The van der Waals surface area contributed by atoms with E-state index in [-0.39, 0.29) is 5.69 Å². The maximum atomic E-state index is 10.9. The quantitative estimate of drug-likeness (QED) is 0.510. The van der Waals surface area contributed by atoms with Gasteiger partial charge in [0, 0.05) is 29.2 Å². The summed E-state index contributed by atoms with van der Waals surface area (Å²) in [5.41, 5.74) is 10.5. The van der Waals surface area contributed by atoms with E-state index in [9.17, 15) is 10.1 Å². The van der Waals surface area contributed by atoms with Crippen LogP contribution in [0.15, 0.2) is 36.4 Å². The summed E-state index contributed by atoms with van der Waals surface area (Å²) in [5.74, 6) is 0. The third-order valence-corrected chi connectivity index (χ3v) is 3.83. The van der Waals surface area contributed by atoms with Crippen LogP contribution in [0.3, 0.4) is 0 Å². The van der Waals surface area contributed by atoms with E-state index >= 15 is 0 Å². The van der Waals surface area contributed by atoms with Crippen molar-refractivity contribution >= 4 is 22.7 Å². The third-order valence-electron chi connectivity index (χ3n) is 3.83. The Bertz CT molecular complexity index is 698. The van der Waals surface area contributed by atoms with Crippen molar-refractivity contribution in [2.75, 3.05) is 11.1 Å². The van der Waals surface area contributed by atoms with Gasteiger partial charge in [-0.15, -0.1) is 0 Å². The molecule has 0 atom stereocenters. The monoisotopic (exact) mass is 283 g/mol. The Balaban J connectivity index is 1.95. The van der Waals surface area contributed by atoms with E-state index in [1.807, 2.05) is 12.1 Å². The van der Waals surface area contributed by atoms with E-state index in [2.05, 4.69) is 11.4 Å². The number of benzene rings is 2. The van der Waals surface area contributed by atoms with Crippen LogP contribution >= 0.6 is 0 Å². The summed E-state index contributed by atoms with van der Waals surface area (Å²) in [6.07, 6.45) is 4.55. The molecule has 0 bridgehead atoms. The van der Waals surface area contributed by atoms with E-state index in [1.165, 1.54) is 36.1 Å². The number of nitrogens with one attached hydrogen (secondary N) is 1. The SMILES string of the molecule is Nc1cc(Nc2cccc3c2CCCC3)cc([N+](=O)[O-])c1. The molecule has 0 spiro atoms. The molecule has 2 aromatic rings. The normalized spacial score (nSPS) is 13.5. The van der Waals surface area contributed by atoms with Crippen molar-refractivity contribution in [3.05, 3.63) is 57.6 Å². The Morgan fingerprint density at radius 3 is 2.76 bits per heavy atom. The van der Waals surface area contributed by atoms with Crippen LogP contribution in [0.5, 0.6) is 0 Å². The highest BCUT2D eigenvalue weighted by atomic mass is 16.6. The van der Waals surface area contributed by atoms with Crippen molar-refractivity contribution in [3.8, 4) is 0 Å². The minimum absolute atomic E-state index is 0.00213. The third kappa shape index (κ3) is 2.81. The number of hydrogen-bond acceptors (Lipinski definition) is 4. The first-order valence-corrected chi connectivity index (χ1v) is 7.06. The van der Waals surface area contributed by atoms with Gasteiger partial charge < -0.3 is 11.1 Å². The topological polar surface area (TPSA) is 81.2 Å². The average molecular weight is 283 g/mol. The van der Waals surface area contributed by atoms with Gasteiger partial charge in [-0.2, -0.15) is 0 Å². The lowest BCUT2D eigenvalue weighted by molar-refractivity contribution is -0.384. The molecule has 0 fully saturated rings. The average Bonchev–Trinajstić information content (AvgIpc) is 2.47. The van der Waals surface area contributed by atoms with E-state index in [1.54, 1.807) is 6.07 Å². The molecule has 0 aromatic heterocycles. The summed E-state index contributed by atoms with van der Waals surface area (Å²) >= 11 is 0. The molecule has 5 nitrogen and oxygen atoms in total. The maximum Gasteiger partial charge on any atom is 0.273 e. The highest BCUT2D eigenvalue weighted by Gasteiger charge is 2.14. The van der Waals surface area contributed by atoms with Crippen LogP contribution in [0.2, 0.25) is 0 Å². The molecule has 1 aliphatic carbocycles. The molecule has 21 heavy (non-hydrogen) atoms. The van der Waals surface area contributed by atoms with Crippen LogP contribution in [-0.2, 0) is 12.8 Å². The van der Waals surface area contributed by atoms with Crippen LogP contribution in [0.25, 0.3) is 0 Å². The number of rotatable bonds is 3. The van der Waals surface area contributed by atoms with Gasteiger partial charge in [0.25, 0.3) is 5.69 Å². The van der Waals surface area contributed by atoms with Crippen molar-refractivity contribution < 1.29 is 4.92 Å². The van der Waals surface area contributed by atoms with Gasteiger partial charge in [0.05, 0.1) is 4.92 Å². The zero-order chi connectivity index (χ0) is 14.8. The van der Waals surface area contributed by atoms with Crippen LogP contribution in [0.1, 0.15) is 24.0 Å². The van der Waals surface area contributed by atoms with Crippen molar-refractivity contribution in [1.82, 2.24) is 0 Å². The fourth-order valence-corrected chi connectivity index (χ4v) is 2.87. The van der Waals surface area contributed by atoms with Crippen LogP contribution in [0.4, 0.5) is 22.7 Å². The zero-order valence-electron chi connectivity index (χ0n) is 11.6. The molecule has 0 aliphatic heterocycles. The van der Waals surface area contributed by atoms with E-state index < -0.39 is 4.92 Å². The van der Waals surface area contributed by atoms with Crippen LogP contribution < -0.4 is 11.1 Å². The van der Waals surface area contributed by atoms with E-state index in [4.69, 9.17) is 5.73 Å². The van der Waals surface area contributed by atoms with Crippen molar-refractivity contribution in [2.24, 2.45) is 0 Å². The first-order chi connectivity index (χ1) is 10.1. The number of non-ortho nitro benzene ring substituents is 1. The molecule has 0 amide bonds. The molecule has 0 unspecified atom stereocenters. The van der Waals surface area contributed by atoms with Gasteiger partial charge in [-0.1, -0.05) is 12.1 Å². The first kappa shape index (κ1) is 13.4. The number of nitro benzene ring substituents is 1. The Morgan fingerprint density at radius 1 is 1.14 bits per heavy atom. The van der Waals surface area contributed by atoms with Crippen LogP contribution in [0, 0.1) is 10.1 Å². The van der Waals surface area contributed by atoms with Gasteiger partial charge in [-0.05, 0) is 48.9 Å². The van der Waals surface area contributed by atoms with Crippen molar-refractivity contribution in [1.29, 1.82) is 0 Å². The van der Waals surface area contributed by atoms with E-state index in [0.29, 0.717) is 11.4 Å². The second-order valence-corrected chi connectivity index (χ2v) is 5.35. The van der Waals surface area contributed by atoms with Crippen molar-refractivity contribution in [2.45, 2.75) is 25.7 Å². The number of fused-ring (bicyclic) bond motifs is 1. The number of aryl methyl sites for hydroxylation is 1. The molecule has 5 heteroatoms. The Labute approximate surface area is 122 Å². The molecule has 108 valence electrons. The standard InChI is InChI=1S/C16H17N3O2/c17-12-8-13(10-14(9-12)19(20)21)18-16-7-3-5-11-4-1-2-6-15(11)16/h3,5,7-10,18H,1-2,4,6,17H2. The smallest absolute Gasteiger partial charge is 0.273 e. The molecule has 2 aromatic carbocycles. The molecule has 3 N–H and O–H groups in total. The summed E-state index contributed by atoms with van der Waals surface area (Å²) in [7, 11) is 0. The van der Waals surface area contributed by atoms with Crippen molar-refractivity contribution in [3.63, 3.8) is 0 Å². The molecule has 0 radical (unpaired) electrons. The maximum absolute atomic E-state index is 10.9. The first-order valence-electron chi connectivity index (χ1n) is 7.06. The fraction of sp³-hybridized carbons (Fsp3) is 0.250. The fourth-order valence-electron chi connectivity index (χ4n) is 2.87. The second-order valence-electron chi connectivity index (χ2n) is 5.35. The summed E-state index contributed by atoms with van der Waals surface area (Å²) in [4.78, 5) is 10.5. The lowest BCUT2D eigenvalue weighted by Gasteiger charge is -2.20. The van der Waals surface area contributed by atoms with Crippen LogP contribution in [-0.4, -0.2) is 4.92 Å². The van der Waals surface area contributed by atoms with Gasteiger partial charge >= 0.3 is 0 Å². The number of nitro groups is 1. The molecule has 1 aliphatic rings. The number of hydrogen-bond donors (Lipinski definition) is 2. The summed E-state index contributed by atoms with van der Waals surface area (Å²) in [6.45, 7) is 0. The Kier molecular flexibility index (Phi) is 3.48. The summed E-state index contributed by atoms with van der Waals surface area (Å²) in [6, 6.07) is 10.8. The Hall–Kier alpha value is -2.56. The highest BCUT2D eigenvalue weighted by molar-refractivity contribution is 5.70. The largest absolute Gasteiger partial charge is 0.398 e. The minimum atomic E-state index is -0.429. The molecule has 0 saturated heterocycles. The lowest BCUT2D eigenvalue weighted by Crippen LogP contribution is -2.06. The summed E-state index contributed by atoms with van der Waals surface area (Å²) in [5, 5.41) is 14.2. The Morgan fingerprint density at radius 2 is 1.95 bits per heavy atom. The van der Waals surface area contributed by atoms with Gasteiger partial charge in [-0.25, -0.2) is 0 Å². The number of nitrogens with zero attached hydrogens (tertiary/aromatic N) is 1. The molecule has 0 heterocycles. The molecular formula is C16H17N3O2. The zero-order valence-corrected chi connectivity index (χ0v) is 11.6. The van der Waals surface area contributed by atoms with Gasteiger partial charge in [0.2, 0.25) is 0 Å². The number of anilines is 3. The van der Waals surface area contributed by atoms with Gasteiger partial charge in [-0.3, -0.25) is 10.1 Å². The summed E-state index contributed by atoms with van der Waals surface area (Å²) < 4.78 is 0. The molecule has 3 rings (SSSR count). The highest BCUT2D eigenvalue weighted by Crippen LogP contribution is 2.31. The van der Waals surface area contributed by atoms with Gasteiger partial charge in [0.1, 0.15) is 0 Å². The lowest BCUT2D eigenvalue weighted by atomic mass is 9.90. The number of nitrogens with two attached hydrogens (primary N) is 1. The minimum Gasteiger partial charge on any atom is -0.398 e. The molecular weight excluding hydrogens is 266 g/mol. The predicted octanol–water partition coefficient (Wildman–Crippen LogP) is 3.80. The van der Waals surface area contributed by atoms with Gasteiger partial charge in [0.15, 0.2) is 0 Å².